The molecule has 0 aliphatic carbocycles. The SMILES string of the molecule is CCOC(O)C(C(=O)O)c1ccccc1. The second-order valence-electron chi connectivity index (χ2n) is 3.07. The van der Waals surface area contributed by atoms with Crippen molar-refractivity contribution in [1.29, 1.82) is 0 Å². The molecular formula is C11H14O4. The van der Waals surface area contributed by atoms with E-state index in [4.69, 9.17) is 9.84 Å². The van der Waals surface area contributed by atoms with Crippen molar-refractivity contribution in [2.45, 2.75) is 19.1 Å². The maximum absolute atomic E-state index is 11.0. The first kappa shape index (κ1) is 11.7. The third kappa shape index (κ3) is 3.04. The Bertz CT molecular complexity index is 310. The van der Waals surface area contributed by atoms with Gasteiger partial charge in [0.25, 0.3) is 0 Å². The summed E-state index contributed by atoms with van der Waals surface area (Å²) in [6.07, 6.45) is -1.31. The smallest absolute Gasteiger partial charge is 0.316 e. The fourth-order valence-electron chi connectivity index (χ4n) is 1.36. The van der Waals surface area contributed by atoms with E-state index in [-0.39, 0.29) is 6.61 Å². The maximum atomic E-state index is 11.0. The van der Waals surface area contributed by atoms with E-state index in [2.05, 4.69) is 0 Å². The zero-order valence-electron chi connectivity index (χ0n) is 8.46. The molecule has 1 aromatic carbocycles. The Morgan fingerprint density at radius 1 is 1.40 bits per heavy atom. The predicted octanol–water partition coefficient (Wildman–Crippen LogP) is 1.21. The third-order valence-corrected chi connectivity index (χ3v) is 2.05. The van der Waals surface area contributed by atoms with Gasteiger partial charge in [-0.1, -0.05) is 30.3 Å². The monoisotopic (exact) mass is 210 g/mol. The van der Waals surface area contributed by atoms with Crippen LogP contribution in [0.1, 0.15) is 18.4 Å². The molecule has 1 aromatic rings. The molecule has 0 saturated heterocycles. The van der Waals surface area contributed by atoms with Crippen LogP contribution in [0.3, 0.4) is 0 Å². The first-order chi connectivity index (χ1) is 7.16. The predicted molar refractivity (Wildman–Crippen MR) is 54.5 cm³/mol. The first-order valence-corrected chi connectivity index (χ1v) is 4.74. The van der Waals surface area contributed by atoms with Gasteiger partial charge in [-0.25, -0.2) is 0 Å². The summed E-state index contributed by atoms with van der Waals surface area (Å²) in [6.45, 7) is 1.98. The number of carboxylic acid groups (broad SMARTS) is 1. The van der Waals surface area contributed by atoms with Gasteiger partial charge in [-0.15, -0.1) is 0 Å². The van der Waals surface area contributed by atoms with Crippen LogP contribution in [0.5, 0.6) is 0 Å². The van der Waals surface area contributed by atoms with Crippen molar-refractivity contribution in [3.05, 3.63) is 35.9 Å². The molecule has 0 heterocycles. The molecule has 0 amide bonds. The molecule has 0 aromatic heterocycles. The number of aliphatic hydroxyl groups is 1. The number of aliphatic carboxylic acids is 1. The Morgan fingerprint density at radius 3 is 2.47 bits per heavy atom. The zero-order chi connectivity index (χ0) is 11.3. The summed E-state index contributed by atoms with van der Waals surface area (Å²) in [6, 6.07) is 8.55. The molecule has 0 spiro atoms. The van der Waals surface area contributed by atoms with Crippen molar-refractivity contribution in [3.63, 3.8) is 0 Å². The molecule has 4 heteroatoms. The van der Waals surface area contributed by atoms with Crippen LogP contribution in [0.4, 0.5) is 0 Å². The van der Waals surface area contributed by atoms with Gasteiger partial charge < -0.3 is 14.9 Å². The van der Waals surface area contributed by atoms with E-state index in [1.54, 1.807) is 37.3 Å². The quantitative estimate of drug-likeness (QED) is 0.717. The van der Waals surface area contributed by atoms with E-state index in [0.717, 1.165) is 0 Å². The Balaban J connectivity index is 2.88. The molecule has 0 radical (unpaired) electrons. The lowest BCUT2D eigenvalue weighted by atomic mass is 9.99. The van der Waals surface area contributed by atoms with Gasteiger partial charge in [0.15, 0.2) is 6.29 Å². The lowest BCUT2D eigenvalue weighted by molar-refractivity contribution is -0.158. The molecule has 0 saturated carbocycles. The van der Waals surface area contributed by atoms with Crippen molar-refractivity contribution in [2.75, 3.05) is 6.61 Å². The Labute approximate surface area is 88.1 Å². The van der Waals surface area contributed by atoms with Gasteiger partial charge in [0.1, 0.15) is 5.92 Å². The average Bonchev–Trinajstić information content (AvgIpc) is 2.19. The van der Waals surface area contributed by atoms with Gasteiger partial charge >= 0.3 is 5.97 Å². The Morgan fingerprint density at radius 2 is 2.00 bits per heavy atom. The van der Waals surface area contributed by atoms with Gasteiger partial charge in [-0.2, -0.15) is 0 Å². The van der Waals surface area contributed by atoms with Crippen LogP contribution < -0.4 is 0 Å². The van der Waals surface area contributed by atoms with E-state index < -0.39 is 18.2 Å². The summed E-state index contributed by atoms with van der Waals surface area (Å²) in [5, 5.41) is 18.5. The molecule has 0 aliphatic heterocycles. The normalized spacial score (nSPS) is 14.5. The molecule has 0 bridgehead atoms. The van der Waals surface area contributed by atoms with Gasteiger partial charge in [-0.3, -0.25) is 4.79 Å². The minimum atomic E-state index is -1.31. The lowest BCUT2D eigenvalue weighted by Gasteiger charge is -2.18. The average molecular weight is 210 g/mol. The van der Waals surface area contributed by atoms with Crippen molar-refractivity contribution >= 4 is 5.97 Å². The van der Waals surface area contributed by atoms with Gasteiger partial charge in [-0.05, 0) is 12.5 Å². The standard InChI is InChI=1S/C11H14O4/c1-2-15-11(14)9(10(12)13)8-6-4-3-5-7-8/h3-7,9,11,14H,2H2,1H3,(H,12,13). The van der Waals surface area contributed by atoms with Crippen molar-refractivity contribution in [1.82, 2.24) is 0 Å². The molecule has 82 valence electrons. The fraction of sp³-hybridized carbons (Fsp3) is 0.364. The minimum Gasteiger partial charge on any atom is -0.481 e. The number of ether oxygens (including phenoxy) is 1. The van der Waals surface area contributed by atoms with Crippen molar-refractivity contribution < 1.29 is 19.7 Å². The van der Waals surface area contributed by atoms with Gasteiger partial charge in [0, 0.05) is 6.61 Å². The van der Waals surface area contributed by atoms with Crippen LogP contribution in [0.25, 0.3) is 0 Å². The molecule has 1 rings (SSSR count). The highest BCUT2D eigenvalue weighted by Gasteiger charge is 2.28. The number of hydrogen-bond acceptors (Lipinski definition) is 3. The highest BCUT2D eigenvalue weighted by Crippen LogP contribution is 2.20. The second-order valence-corrected chi connectivity index (χ2v) is 3.07. The second kappa shape index (κ2) is 5.48. The molecule has 4 nitrogen and oxygen atoms in total. The summed E-state index contributed by atoms with van der Waals surface area (Å²) < 4.78 is 4.89. The molecule has 2 atom stereocenters. The van der Waals surface area contributed by atoms with Crippen molar-refractivity contribution in [2.24, 2.45) is 0 Å². The van der Waals surface area contributed by atoms with Crippen LogP contribution in [-0.2, 0) is 9.53 Å². The molecule has 15 heavy (non-hydrogen) atoms. The topological polar surface area (TPSA) is 66.8 Å². The van der Waals surface area contributed by atoms with E-state index >= 15 is 0 Å². The summed E-state index contributed by atoms with van der Waals surface area (Å²) in [5.41, 5.74) is 0.533. The Kier molecular flexibility index (Phi) is 4.27. The summed E-state index contributed by atoms with van der Waals surface area (Å²) >= 11 is 0. The number of carbonyl (C=O) groups is 1. The largest absolute Gasteiger partial charge is 0.481 e. The fourth-order valence-corrected chi connectivity index (χ4v) is 1.36. The maximum Gasteiger partial charge on any atom is 0.316 e. The summed E-state index contributed by atoms with van der Waals surface area (Å²) in [5.74, 6) is -2.13. The van der Waals surface area contributed by atoms with Crippen LogP contribution in [-0.4, -0.2) is 29.1 Å². The Hall–Kier alpha value is -1.39. The highest BCUT2D eigenvalue weighted by atomic mass is 16.6. The molecular weight excluding hydrogens is 196 g/mol. The van der Waals surface area contributed by atoms with Gasteiger partial charge in [0.05, 0.1) is 0 Å². The number of rotatable bonds is 5. The van der Waals surface area contributed by atoms with E-state index in [1.165, 1.54) is 0 Å². The molecule has 2 unspecified atom stereocenters. The van der Waals surface area contributed by atoms with Crippen LogP contribution in [0.2, 0.25) is 0 Å². The van der Waals surface area contributed by atoms with E-state index in [1.807, 2.05) is 0 Å². The molecule has 0 fully saturated rings. The van der Waals surface area contributed by atoms with Crippen LogP contribution in [0, 0.1) is 0 Å². The zero-order valence-corrected chi connectivity index (χ0v) is 8.46. The summed E-state index contributed by atoms with van der Waals surface area (Å²) in [7, 11) is 0. The first-order valence-electron chi connectivity index (χ1n) is 4.74. The number of aliphatic hydroxyl groups excluding tert-OH is 1. The number of carboxylic acids is 1. The molecule has 2 N–H and O–H groups in total. The van der Waals surface area contributed by atoms with Crippen molar-refractivity contribution in [3.8, 4) is 0 Å². The van der Waals surface area contributed by atoms with Crippen LogP contribution >= 0.6 is 0 Å². The summed E-state index contributed by atoms with van der Waals surface area (Å²) in [4.78, 5) is 11.0. The van der Waals surface area contributed by atoms with Gasteiger partial charge in [0.2, 0.25) is 0 Å². The number of hydrogen-bond donors (Lipinski definition) is 2. The minimum absolute atomic E-state index is 0.276. The number of benzene rings is 1. The third-order valence-electron chi connectivity index (χ3n) is 2.05. The van der Waals surface area contributed by atoms with Crippen LogP contribution in [0.15, 0.2) is 30.3 Å². The van der Waals surface area contributed by atoms with E-state index in [9.17, 15) is 9.90 Å². The lowest BCUT2D eigenvalue weighted by Crippen LogP contribution is -2.28. The van der Waals surface area contributed by atoms with E-state index in [0.29, 0.717) is 5.56 Å². The highest BCUT2D eigenvalue weighted by molar-refractivity contribution is 5.76. The molecule has 0 aliphatic rings.